The summed E-state index contributed by atoms with van der Waals surface area (Å²) < 4.78 is 5.21. The molecule has 0 amide bonds. The van der Waals surface area contributed by atoms with Gasteiger partial charge in [0.05, 0.1) is 7.11 Å². The Morgan fingerprint density at radius 1 is 1.25 bits per heavy atom. The molecule has 3 nitrogen and oxygen atoms in total. The van der Waals surface area contributed by atoms with Gasteiger partial charge in [0.1, 0.15) is 17.0 Å². The van der Waals surface area contributed by atoms with Crippen LogP contribution >= 0.6 is 0 Å². The summed E-state index contributed by atoms with van der Waals surface area (Å²) in [4.78, 5) is 4.25. The normalized spacial score (nSPS) is 9.50. The van der Waals surface area contributed by atoms with Gasteiger partial charge in [-0.2, -0.15) is 0 Å². The minimum absolute atomic E-state index is 0.185. The summed E-state index contributed by atoms with van der Waals surface area (Å²) in [5.74, 6) is 0.924. The number of methoxy groups -OCH3 is 1. The summed E-state index contributed by atoms with van der Waals surface area (Å²) in [6.07, 6.45) is 0. The summed E-state index contributed by atoms with van der Waals surface area (Å²) in [6, 6.07) is 7.12. The van der Waals surface area contributed by atoms with Crippen molar-refractivity contribution < 1.29 is 9.84 Å². The van der Waals surface area contributed by atoms with Gasteiger partial charge in [0.15, 0.2) is 0 Å². The molecule has 2 rings (SSSR count). The Balaban J connectivity index is 0.000000606. The number of phenols is 1. The highest BCUT2D eigenvalue weighted by atomic mass is 16.5. The van der Waals surface area contributed by atoms with E-state index in [1.165, 1.54) is 0 Å². The van der Waals surface area contributed by atoms with Crippen LogP contribution in [0.15, 0.2) is 24.3 Å². The van der Waals surface area contributed by atoms with Crippen molar-refractivity contribution in [2.45, 2.75) is 20.8 Å². The largest absolute Gasteiger partial charge is 0.506 e. The molecular formula is C13H17NO2. The predicted octanol–water partition coefficient (Wildman–Crippen LogP) is 3.28. The van der Waals surface area contributed by atoms with Crippen LogP contribution in [0.5, 0.6) is 11.5 Å². The lowest BCUT2D eigenvalue weighted by Crippen LogP contribution is -1.90. The Kier molecular flexibility index (Phi) is 4.11. The number of benzene rings is 1. The SMILES string of the molecule is CC.COc1cc(C)nc2c(O)cccc12. The van der Waals surface area contributed by atoms with Gasteiger partial charge in [0.25, 0.3) is 0 Å². The van der Waals surface area contributed by atoms with Crippen molar-refractivity contribution in [1.29, 1.82) is 0 Å². The Labute approximate surface area is 95.7 Å². The summed E-state index contributed by atoms with van der Waals surface area (Å²) in [7, 11) is 1.61. The summed E-state index contributed by atoms with van der Waals surface area (Å²) in [6.45, 7) is 5.87. The molecule has 1 N–H and O–H groups in total. The molecule has 0 unspecified atom stereocenters. The number of hydrogen-bond donors (Lipinski definition) is 1. The molecule has 16 heavy (non-hydrogen) atoms. The van der Waals surface area contributed by atoms with E-state index < -0.39 is 0 Å². The zero-order chi connectivity index (χ0) is 12.1. The molecule has 0 aliphatic rings. The molecule has 0 saturated heterocycles. The molecule has 0 bridgehead atoms. The number of pyridine rings is 1. The maximum absolute atomic E-state index is 9.60. The van der Waals surface area contributed by atoms with Crippen LogP contribution in [0.3, 0.4) is 0 Å². The zero-order valence-electron chi connectivity index (χ0n) is 10.1. The lowest BCUT2D eigenvalue weighted by atomic mass is 10.1. The summed E-state index contributed by atoms with van der Waals surface area (Å²) >= 11 is 0. The number of ether oxygens (including phenoxy) is 1. The van der Waals surface area contributed by atoms with Crippen molar-refractivity contribution in [1.82, 2.24) is 4.98 Å². The average Bonchev–Trinajstić information content (AvgIpc) is 2.32. The number of para-hydroxylation sites is 1. The van der Waals surface area contributed by atoms with E-state index in [9.17, 15) is 5.11 Å². The molecule has 3 heteroatoms. The van der Waals surface area contributed by atoms with E-state index in [-0.39, 0.29) is 5.75 Å². The quantitative estimate of drug-likeness (QED) is 0.800. The van der Waals surface area contributed by atoms with Gasteiger partial charge in [-0.15, -0.1) is 0 Å². The molecule has 0 fully saturated rings. The van der Waals surface area contributed by atoms with E-state index in [0.29, 0.717) is 5.52 Å². The van der Waals surface area contributed by atoms with Gasteiger partial charge < -0.3 is 9.84 Å². The number of nitrogens with zero attached hydrogens (tertiary/aromatic N) is 1. The van der Waals surface area contributed by atoms with Crippen molar-refractivity contribution in [3.63, 3.8) is 0 Å². The first kappa shape index (κ1) is 12.3. The Morgan fingerprint density at radius 3 is 2.56 bits per heavy atom. The highest BCUT2D eigenvalue weighted by Gasteiger charge is 2.06. The van der Waals surface area contributed by atoms with E-state index in [1.54, 1.807) is 19.2 Å². The fraction of sp³-hybridized carbons (Fsp3) is 0.308. The van der Waals surface area contributed by atoms with Gasteiger partial charge in [-0.3, -0.25) is 0 Å². The van der Waals surface area contributed by atoms with Gasteiger partial charge in [-0.05, 0) is 19.1 Å². The van der Waals surface area contributed by atoms with E-state index in [1.807, 2.05) is 32.9 Å². The van der Waals surface area contributed by atoms with Gasteiger partial charge >= 0.3 is 0 Å². The fourth-order valence-electron chi connectivity index (χ4n) is 1.49. The van der Waals surface area contributed by atoms with Crippen LogP contribution in [0.25, 0.3) is 10.9 Å². The number of aromatic hydroxyl groups is 1. The third-order valence-electron chi connectivity index (χ3n) is 2.13. The van der Waals surface area contributed by atoms with Crippen molar-refractivity contribution in [2.24, 2.45) is 0 Å². The predicted molar refractivity (Wildman–Crippen MR) is 66.0 cm³/mol. The molecule has 86 valence electrons. The van der Waals surface area contributed by atoms with Crippen LogP contribution in [0.2, 0.25) is 0 Å². The molecule has 0 spiro atoms. The van der Waals surface area contributed by atoms with Crippen LogP contribution < -0.4 is 4.74 Å². The smallest absolute Gasteiger partial charge is 0.141 e. The molecule has 1 aromatic carbocycles. The van der Waals surface area contributed by atoms with Gasteiger partial charge in [-0.1, -0.05) is 19.9 Å². The molecule has 0 aliphatic carbocycles. The minimum Gasteiger partial charge on any atom is -0.506 e. The fourth-order valence-corrected chi connectivity index (χ4v) is 1.49. The Hall–Kier alpha value is -1.77. The van der Waals surface area contributed by atoms with Gasteiger partial charge in [0, 0.05) is 17.1 Å². The van der Waals surface area contributed by atoms with Gasteiger partial charge in [-0.25, -0.2) is 4.98 Å². The first-order valence-electron chi connectivity index (χ1n) is 5.35. The Bertz CT molecular complexity index is 481. The van der Waals surface area contributed by atoms with Crippen molar-refractivity contribution >= 4 is 10.9 Å². The molecule has 1 aromatic heterocycles. The van der Waals surface area contributed by atoms with Crippen molar-refractivity contribution in [3.8, 4) is 11.5 Å². The first-order valence-corrected chi connectivity index (χ1v) is 5.35. The van der Waals surface area contributed by atoms with Crippen molar-refractivity contribution in [2.75, 3.05) is 7.11 Å². The van der Waals surface area contributed by atoms with Crippen molar-refractivity contribution in [3.05, 3.63) is 30.0 Å². The van der Waals surface area contributed by atoms with E-state index >= 15 is 0 Å². The first-order chi connectivity index (χ1) is 7.72. The number of fused-ring (bicyclic) bond motifs is 1. The third kappa shape index (κ3) is 2.24. The monoisotopic (exact) mass is 219 g/mol. The molecule has 0 aliphatic heterocycles. The molecule has 0 radical (unpaired) electrons. The summed E-state index contributed by atoms with van der Waals surface area (Å²) in [5.41, 5.74) is 1.42. The number of rotatable bonds is 1. The van der Waals surface area contributed by atoms with Crippen LogP contribution in [0.1, 0.15) is 19.5 Å². The summed E-state index contributed by atoms with van der Waals surface area (Å²) in [5, 5.41) is 10.4. The third-order valence-corrected chi connectivity index (χ3v) is 2.13. The second-order valence-corrected chi connectivity index (χ2v) is 3.14. The lowest BCUT2D eigenvalue weighted by Gasteiger charge is -2.06. The van der Waals surface area contributed by atoms with Crippen LogP contribution in [0, 0.1) is 6.92 Å². The molecular weight excluding hydrogens is 202 g/mol. The second kappa shape index (κ2) is 5.35. The van der Waals surface area contributed by atoms with Crippen LogP contribution in [-0.4, -0.2) is 17.2 Å². The lowest BCUT2D eigenvalue weighted by molar-refractivity contribution is 0.418. The number of aryl methyl sites for hydroxylation is 1. The van der Waals surface area contributed by atoms with Gasteiger partial charge in [0.2, 0.25) is 0 Å². The molecule has 0 saturated carbocycles. The number of aromatic nitrogens is 1. The topological polar surface area (TPSA) is 42.4 Å². The van der Waals surface area contributed by atoms with Crippen LogP contribution in [0.4, 0.5) is 0 Å². The molecule has 1 heterocycles. The highest BCUT2D eigenvalue weighted by Crippen LogP contribution is 2.30. The minimum atomic E-state index is 0.185. The highest BCUT2D eigenvalue weighted by molar-refractivity contribution is 5.89. The molecule has 2 aromatic rings. The Morgan fingerprint density at radius 2 is 1.94 bits per heavy atom. The second-order valence-electron chi connectivity index (χ2n) is 3.14. The van der Waals surface area contributed by atoms with E-state index in [2.05, 4.69) is 4.98 Å². The standard InChI is InChI=1S/C11H11NO2.C2H6/c1-7-6-10(14-2)8-4-3-5-9(13)11(8)12-7;1-2/h3-6,13H,1-2H3;1-2H3. The number of phenolic OH excluding ortho intramolecular Hbond substituents is 1. The maximum atomic E-state index is 9.60. The van der Waals surface area contributed by atoms with E-state index in [0.717, 1.165) is 16.8 Å². The average molecular weight is 219 g/mol. The zero-order valence-corrected chi connectivity index (χ0v) is 10.1. The molecule has 0 atom stereocenters. The van der Waals surface area contributed by atoms with E-state index in [4.69, 9.17) is 4.74 Å². The van der Waals surface area contributed by atoms with Crippen LogP contribution in [-0.2, 0) is 0 Å². The maximum Gasteiger partial charge on any atom is 0.141 e. The number of hydrogen-bond acceptors (Lipinski definition) is 3.